The maximum atomic E-state index is 12.1. The Morgan fingerprint density at radius 1 is 1.39 bits per heavy atom. The molecule has 1 saturated carbocycles. The lowest BCUT2D eigenvalue weighted by Gasteiger charge is -2.28. The van der Waals surface area contributed by atoms with Crippen molar-refractivity contribution in [2.24, 2.45) is 5.92 Å². The van der Waals surface area contributed by atoms with E-state index < -0.39 is 0 Å². The van der Waals surface area contributed by atoms with Crippen LogP contribution in [0.15, 0.2) is 0 Å². The summed E-state index contributed by atoms with van der Waals surface area (Å²) in [4.78, 5) is 13.9. The predicted molar refractivity (Wildman–Crippen MR) is 70.5 cm³/mol. The monoisotopic (exact) mass is 258 g/mol. The van der Waals surface area contributed by atoms with Gasteiger partial charge in [0.05, 0.1) is 25.8 Å². The molecule has 18 heavy (non-hydrogen) atoms. The second kappa shape index (κ2) is 8.45. The highest BCUT2D eigenvalue weighted by atomic mass is 16.5. The Kier molecular flexibility index (Phi) is 7.23. The molecule has 0 aromatic carbocycles. The van der Waals surface area contributed by atoms with Gasteiger partial charge in [0.15, 0.2) is 0 Å². The Morgan fingerprint density at radius 2 is 2.11 bits per heavy atom. The summed E-state index contributed by atoms with van der Waals surface area (Å²) in [6.07, 6.45) is 2.60. The van der Waals surface area contributed by atoms with Gasteiger partial charge in [0.25, 0.3) is 0 Å². The van der Waals surface area contributed by atoms with Gasteiger partial charge in [-0.2, -0.15) is 0 Å². The summed E-state index contributed by atoms with van der Waals surface area (Å²) in [7, 11) is 3.30. The van der Waals surface area contributed by atoms with E-state index in [2.05, 4.69) is 5.32 Å². The van der Waals surface area contributed by atoms with Crippen molar-refractivity contribution in [3.8, 4) is 0 Å². The van der Waals surface area contributed by atoms with Crippen molar-refractivity contribution in [2.75, 3.05) is 47.1 Å². The number of carbonyl (C=O) groups is 1. The summed E-state index contributed by atoms with van der Waals surface area (Å²) in [6.45, 7) is 5.10. The van der Waals surface area contributed by atoms with Gasteiger partial charge < -0.3 is 19.7 Å². The first kappa shape index (κ1) is 15.4. The van der Waals surface area contributed by atoms with E-state index in [9.17, 15) is 4.79 Å². The molecule has 0 bridgehead atoms. The van der Waals surface area contributed by atoms with E-state index in [0.29, 0.717) is 26.3 Å². The molecule has 1 aliphatic rings. The maximum absolute atomic E-state index is 12.1. The lowest BCUT2D eigenvalue weighted by Crippen LogP contribution is -2.46. The Balaban J connectivity index is 2.32. The summed E-state index contributed by atoms with van der Waals surface area (Å²) in [5.41, 5.74) is 0. The molecule has 106 valence electrons. The van der Waals surface area contributed by atoms with Crippen LogP contribution in [0.4, 0.5) is 0 Å². The Labute approximate surface area is 110 Å². The molecule has 0 aromatic rings. The molecule has 1 unspecified atom stereocenters. The molecular formula is C13H26N2O3. The van der Waals surface area contributed by atoms with Gasteiger partial charge in [0.2, 0.25) is 5.91 Å². The van der Waals surface area contributed by atoms with E-state index in [1.54, 1.807) is 14.2 Å². The number of ether oxygens (including phenoxy) is 2. The van der Waals surface area contributed by atoms with E-state index in [0.717, 1.165) is 12.5 Å². The first-order chi connectivity index (χ1) is 8.69. The molecule has 0 heterocycles. The van der Waals surface area contributed by atoms with Gasteiger partial charge in [0.1, 0.15) is 0 Å². The Morgan fingerprint density at radius 3 is 2.67 bits per heavy atom. The first-order valence-electron chi connectivity index (χ1n) is 6.67. The summed E-state index contributed by atoms with van der Waals surface area (Å²) in [5.74, 6) is 0.916. The molecule has 1 amide bonds. The quantitative estimate of drug-likeness (QED) is 0.620. The minimum absolute atomic E-state index is 0.0837. The average molecular weight is 258 g/mol. The average Bonchev–Trinajstić information content (AvgIpc) is 3.14. The Hall–Kier alpha value is -0.650. The van der Waals surface area contributed by atoms with Gasteiger partial charge in [-0.05, 0) is 32.2 Å². The van der Waals surface area contributed by atoms with Crippen LogP contribution in [-0.2, 0) is 14.3 Å². The first-order valence-corrected chi connectivity index (χ1v) is 6.67. The molecule has 1 rings (SSSR count). The van der Waals surface area contributed by atoms with Crippen molar-refractivity contribution < 1.29 is 14.3 Å². The van der Waals surface area contributed by atoms with E-state index in [-0.39, 0.29) is 11.9 Å². The van der Waals surface area contributed by atoms with Gasteiger partial charge in [0, 0.05) is 20.8 Å². The fourth-order valence-electron chi connectivity index (χ4n) is 1.92. The van der Waals surface area contributed by atoms with Crippen molar-refractivity contribution in [2.45, 2.75) is 25.8 Å². The fourth-order valence-corrected chi connectivity index (χ4v) is 1.92. The van der Waals surface area contributed by atoms with Crippen LogP contribution >= 0.6 is 0 Å². The van der Waals surface area contributed by atoms with Crippen LogP contribution in [-0.4, -0.2) is 63.9 Å². The number of carbonyl (C=O) groups excluding carboxylic acids is 1. The number of hydrogen-bond donors (Lipinski definition) is 1. The topological polar surface area (TPSA) is 50.8 Å². The normalized spacial score (nSPS) is 16.6. The molecule has 1 fully saturated rings. The van der Waals surface area contributed by atoms with Crippen LogP contribution in [0.1, 0.15) is 19.8 Å². The molecule has 0 radical (unpaired) electrons. The molecule has 0 spiro atoms. The molecule has 1 aliphatic carbocycles. The smallest absolute Gasteiger partial charge is 0.236 e. The number of amides is 1. The van der Waals surface area contributed by atoms with E-state index in [1.807, 2.05) is 11.8 Å². The molecule has 0 aromatic heterocycles. The molecule has 5 nitrogen and oxygen atoms in total. The highest BCUT2D eigenvalue weighted by Crippen LogP contribution is 2.27. The Bertz CT molecular complexity index is 244. The maximum Gasteiger partial charge on any atom is 0.236 e. The van der Waals surface area contributed by atoms with E-state index in [1.165, 1.54) is 12.8 Å². The fraction of sp³-hybridized carbons (Fsp3) is 0.923. The van der Waals surface area contributed by atoms with Crippen LogP contribution in [0.25, 0.3) is 0 Å². The molecule has 0 aliphatic heterocycles. The molecule has 5 heteroatoms. The van der Waals surface area contributed by atoms with Gasteiger partial charge in [-0.15, -0.1) is 0 Å². The molecule has 1 atom stereocenters. The summed E-state index contributed by atoms with van der Waals surface area (Å²) < 4.78 is 10.2. The predicted octanol–water partition coefficient (Wildman–Crippen LogP) is 0.496. The van der Waals surface area contributed by atoms with Crippen molar-refractivity contribution in [1.82, 2.24) is 10.2 Å². The minimum Gasteiger partial charge on any atom is -0.383 e. The van der Waals surface area contributed by atoms with Crippen molar-refractivity contribution in [1.29, 1.82) is 0 Å². The molecular weight excluding hydrogens is 232 g/mol. The summed E-state index contributed by atoms with van der Waals surface area (Å²) in [5, 5.41) is 3.23. The standard InChI is InChI=1S/C13H26N2O3/c1-11(10-18-3)15(6-7-17-2)13(16)9-14-8-12-4-5-12/h11-12,14H,4-10H2,1-3H3. The third-order valence-electron chi connectivity index (χ3n) is 3.20. The van der Waals surface area contributed by atoms with Gasteiger partial charge >= 0.3 is 0 Å². The number of methoxy groups -OCH3 is 2. The van der Waals surface area contributed by atoms with Gasteiger partial charge in [-0.3, -0.25) is 4.79 Å². The van der Waals surface area contributed by atoms with Crippen molar-refractivity contribution >= 4 is 5.91 Å². The number of nitrogens with one attached hydrogen (secondary N) is 1. The zero-order valence-corrected chi connectivity index (χ0v) is 11.8. The second-order valence-corrected chi connectivity index (χ2v) is 4.96. The zero-order valence-electron chi connectivity index (χ0n) is 11.8. The van der Waals surface area contributed by atoms with Gasteiger partial charge in [-0.25, -0.2) is 0 Å². The second-order valence-electron chi connectivity index (χ2n) is 4.96. The summed E-state index contributed by atoms with van der Waals surface area (Å²) >= 11 is 0. The third kappa shape index (κ3) is 5.80. The molecule has 0 saturated heterocycles. The van der Waals surface area contributed by atoms with Gasteiger partial charge in [-0.1, -0.05) is 0 Å². The number of nitrogens with zero attached hydrogens (tertiary/aromatic N) is 1. The minimum atomic E-state index is 0.0837. The van der Waals surface area contributed by atoms with Crippen molar-refractivity contribution in [3.63, 3.8) is 0 Å². The molecule has 1 N–H and O–H groups in total. The lowest BCUT2D eigenvalue weighted by molar-refractivity contribution is -0.134. The summed E-state index contributed by atoms with van der Waals surface area (Å²) in [6, 6.07) is 0.0837. The van der Waals surface area contributed by atoms with Crippen LogP contribution in [0.2, 0.25) is 0 Å². The SMILES string of the molecule is COCCN(C(=O)CNCC1CC1)C(C)COC. The highest BCUT2D eigenvalue weighted by Gasteiger charge is 2.23. The van der Waals surface area contributed by atoms with Crippen LogP contribution in [0.5, 0.6) is 0 Å². The van der Waals surface area contributed by atoms with Crippen LogP contribution in [0, 0.1) is 5.92 Å². The van der Waals surface area contributed by atoms with Crippen LogP contribution in [0.3, 0.4) is 0 Å². The zero-order chi connectivity index (χ0) is 13.4. The van der Waals surface area contributed by atoms with E-state index in [4.69, 9.17) is 9.47 Å². The number of hydrogen-bond acceptors (Lipinski definition) is 4. The van der Waals surface area contributed by atoms with E-state index >= 15 is 0 Å². The number of rotatable bonds is 10. The highest BCUT2D eigenvalue weighted by molar-refractivity contribution is 5.78. The van der Waals surface area contributed by atoms with Crippen LogP contribution < -0.4 is 5.32 Å². The third-order valence-corrected chi connectivity index (χ3v) is 3.20. The van der Waals surface area contributed by atoms with Crippen molar-refractivity contribution in [3.05, 3.63) is 0 Å². The largest absolute Gasteiger partial charge is 0.383 e. The lowest BCUT2D eigenvalue weighted by atomic mass is 10.3.